The fourth-order valence-electron chi connectivity index (χ4n) is 3.07. The molecule has 4 heteroatoms. The lowest BCUT2D eigenvalue weighted by atomic mass is 9.75. The topological polar surface area (TPSA) is 45.7 Å². The van der Waals surface area contributed by atoms with Crippen molar-refractivity contribution in [1.29, 1.82) is 0 Å². The van der Waals surface area contributed by atoms with Crippen LogP contribution in [-0.2, 0) is 4.74 Å². The first kappa shape index (κ1) is 16.3. The van der Waals surface area contributed by atoms with E-state index in [1.165, 1.54) is 31.3 Å². The fourth-order valence-corrected chi connectivity index (χ4v) is 3.07. The van der Waals surface area contributed by atoms with Crippen molar-refractivity contribution >= 4 is 5.96 Å². The van der Waals surface area contributed by atoms with E-state index in [0.29, 0.717) is 11.5 Å². The molecule has 4 nitrogen and oxygen atoms in total. The van der Waals surface area contributed by atoms with Gasteiger partial charge in [-0.15, -0.1) is 0 Å². The summed E-state index contributed by atoms with van der Waals surface area (Å²) in [7, 11) is 1.86. The molecule has 2 N–H and O–H groups in total. The third kappa shape index (κ3) is 5.70. The third-order valence-electron chi connectivity index (χ3n) is 4.70. The minimum absolute atomic E-state index is 0.519. The van der Waals surface area contributed by atoms with Gasteiger partial charge in [0.15, 0.2) is 5.96 Å². The van der Waals surface area contributed by atoms with Gasteiger partial charge in [0.05, 0.1) is 13.2 Å². The molecular weight excluding hydrogens is 262 g/mol. The van der Waals surface area contributed by atoms with Gasteiger partial charge in [0.2, 0.25) is 0 Å². The molecule has 21 heavy (non-hydrogen) atoms. The Balaban J connectivity index is 1.68. The van der Waals surface area contributed by atoms with E-state index >= 15 is 0 Å². The minimum atomic E-state index is 0.519. The van der Waals surface area contributed by atoms with E-state index in [1.807, 2.05) is 7.05 Å². The molecule has 0 bridgehead atoms. The van der Waals surface area contributed by atoms with Crippen LogP contribution in [0.5, 0.6) is 0 Å². The van der Waals surface area contributed by atoms with Crippen molar-refractivity contribution in [2.45, 2.75) is 58.4 Å². The summed E-state index contributed by atoms with van der Waals surface area (Å²) in [5, 5.41) is 7.02. The summed E-state index contributed by atoms with van der Waals surface area (Å²) in [6, 6.07) is 0.575. The van der Waals surface area contributed by atoms with Gasteiger partial charge in [0.25, 0.3) is 0 Å². The van der Waals surface area contributed by atoms with Crippen LogP contribution in [0.25, 0.3) is 0 Å². The van der Waals surface area contributed by atoms with Gasteiger partial charge in [-0.1, -0.05) is 25.5 Å². The van der Waals surface area contributed by atoms with Gasteiger partial charge in [0.1, 0.15) is 0 Å². The Morgan fingerprint density at radius 2 is 2.14 bits per heavy atom. The van der Waals surface area contributed by atoms with Crippen LogP contribution >= 0.6 is 0 Å². The lowest BCUT2D eigenvalue weighted by Gasteiger charge is -2.35. The molecule has 0 radical (unpaired) electrons. The SMILES string of the molecule is CN=C(NCCC1=CCOCC1)NC1CCC(C)(C)CC1. The molecule has 0 amide bonds. The highest BCUT2D eigenvalue weighted by atomic mass is 16.5. The van der Waals surface area contributed by atoms with Crippen LogP contribution in [0.15, 0.2) is 16.6 Å². The number of hydrogen-bond donors (Lipinski definition) is 2. The highest BCUT2D eigenvalue weighted by molar-refractivity contribution is 5.79. The molecule has 0 aromatic heterocycles. The molecule has 0 aromatic rings. The van der Waals surface area contributed by atoms with Crippen LogP contribution in [0.4, 0.5) is 0 Å². The summed E-state index contributed by atoms with van der Waals surface area (Å²) < 4.78 is 5.33. The second-order valence-corrected chi connectivity index (χ2v) is 7.02. The molecule has 0 saturated heterocycles. The molecule has 0 atom stereocenters. The second-order valence-electron chi connectivity index (χ2n) is 7.02. The Bertz CT molecular complexity index is 377. The number of guanidine groups is 1. The number of nitrogens with zero attached hydrogens (tertiary/aromatic N) is 1. The van der Waals surface area contributed by atoms with Crippen LogP contribution in [0, 0.1) is 5.41 Å². The van der Waals surface area contributed by atoms with Gasteiger partial charge in [-0.3, -0.25) is 4.99 Å². The van der Waals surface area contributed by atoms with Crippen molar-refractivity contribution in [2.24, 2.45) is 10.4 Å². The number of ether oxygens (including phenoxy) is 1. The number of hydrogen-bond acceptors (Lipinski definition) is 2. The van der Waals surface area contributed by atoms with Crippen LogP contribution in [0.3, 0.4) is 0 Å². The zero-order valence-corrected chi connectivity index (χ0v) is 13.9. The average Bonchev–Trinajstić information content (AvgIpc) is 2.49. The molecule has 0 spiro atoms. The van der Waals surface area contributed by atoms with E-state index in [2.05, 4.69) is 35.5 Å². The van der Waals surface area contributed by atoms with Gasteiger partial charge >= 0.3 is 0 Å². The average molecular weight is 293 g/mol. The summed E-state index contributed by atoms with van der Waals surface area (Å²) in [4.78, 5) is 4.35. The van der Waals surface area contributed by atoms with Crippen molar-refractivity contribution in [3.63, 3.8) is 0 Å². The van der Waals surface area contributed by atoms with Crippen molar-refractivity contribution < 1.29 is 4.74 Å². The van der Waals surface area contributed by atoms with Crippen molar-refractivity contribution in [3.8, 4) is 0 Å². The summed E-state index contributed by atoms with van der Waals surface area (Å²) in [5.74, 6) is 0.951. The number of rotatable bonds is 4. The molecule has 1 aliphatic carbocycles. The van der Waals surface area contributed by atoms with Crippen molar-refractivity contribution in [3.05, 3.63) is 11.6 Å². The van der Waals surface area contributed by atoms with Crippen LogP contribution < -0.4 is 10.6 Å². The molecule has 2 rings (SSSR count). The van der Waals surface area contributed by atoms with Gasteiger partial charge in [0, 0.05) is 19.6 Å². The maximum atomic E-state index is 5.33. The Morgan fingerprint density at radius 1 is 1.38 bits per heavy atom. The molecular formula is C17H31N3O. The smallest absolute Gasteiger partial charge is 0.191 e. The largest absolute Gasteiger partial charge is 0.377 e. The first-order valence-electron chi connectivity index (χ1n) is 8.32. The Morgan fingerprint density at radius 3 is 2.76 bits per heavy atom. The highest BCUT2D eigenvalue weighted by Crippen LogP contribution is 2.34. The van der Waals surface area contributed by atoms with E-state index in [-0.39, 0.29) is 0 Å². The van der Waals surface area contributed by atoms with Crippen molar-refractivity contribution in [1.82, 2.24) is 10.6 Å². The maximum Gasteiger partial charge on any atom is 0.191 e. The summed E-state index contributed by atoms with van der Waals surface area (Å²) >= 11 is 0. The predicted molar refractivity (Wildman–Crippen MR) is 88.7 cm³/mol. The molecule has 1 heterocycles. The minimum Gasteiger partial charge on any atom is -0.377 e. The summed E-state index contributed by atoms with van der Waals surface area (Å²) in [6.07, 6.45) is 9.47. The van der Waals surface area contributed by atoms with Gasteiger partial charge in [-0.05, 0) is 43.9 Å². The first-order chi connectivity index (χ1) is 10.1. The normalized spacial score (nSPS) is 23.6. The van der Waals surface area contributed by atoms with Gasteiger partial charge < -0.3 is 15.4 Å². The molecule has 120 valence electrons. The standard InChI is InChI=1S/C17H31N3O/c1-17(2)9-4-15(5-10-17)20-16(18-3)19-11-6-14-7-12-21-13-8-14/h7,15H,4-6,8-13H2,1-3H3,(H2,18,19,20). The predicted octanol–water partition coefficient (Wildman–Crippen LogP) is 2.86. The first-order valence-corrected chi connectivity index (χ1v) is 8.32. The zero-order chi connectivity index (χ0) is 15.1. The quantitative estimate of drug-likeness (QED) is 0.476. The van der Waals surface area contributed by atoms with Gasteiger partial charge in [-0.25, -0.2) is 0 Å². The van der Waals surface area contributed by atoms with Crippen molar-refractivity contribution in [2.75, 3.05) is 26.8 Å². The van der Waals surface area contributed by atoms with Crippen LogP contribution in [0.2, 0.25) is 0 Å². The number of aliphatic imine (C=N–C) groups is 1. The van der Waals surface area contributed by atoms with E-state index in [1.54, 1.807) is 0 Å². The van der Waals surface area contributed by atoms with Crippen LogP contribution in [-0.4, -0.2) is 38.8 Å². The summed E-state index contributed by atoms with van der Waals surface area (Å²) in [6.45, 7) is 7.34. The molecule has 2 aliphatic rings. The van der Waals surface area contributed by atoms with E-state index in [4.69, 9.17) is 4.74 Å². The molecule has 1 aliphatic heterocycles. The lowest BCUT2D eigenvalue weighted by molar-refractivity contribution is 0.153. The van der Waals surface area contributed by atoms with Gasteiger partial charge in [-0.2, -0.15) is 0 Å². The molecule has 1 fully saturated rings. The second kappa shape index (κ2) is 7.83. The van der Waals surface area contributed by atoms with Crippen LogP contribution in [0.1, 0.15) is 52.4 Å². The third-order valence-corrected chi connectivity index (χ3v) is 4.70. The molecule has 0 aromatic carbocycles. The summed E-state index contributed by atoms with van der Waals surface area (Å²) in [5.41, 5.74) is 2.02. The maximum absolute atomic E-state index is 5.33. The lowest BCUT2D eigenvalue weighted by Crippen LogP contribution is -2.45. The molecule has 0 unspecified atom stereocenters. The Labute approximate surface area is 129 Å². The van der Waals surface area contributed by atoms with E-state index in [0.717, 1.165) is 38.6 Å². The Kier molecular flexibility index (Phi) is 6.09. The van der Waals surface area contributed by atoms with E-state index in [9.17, 15) is 0 Å². The van der Waals surface area contributed by atoms with E-state index < -0.39 is 0 Å². The molecule has 1 saturated carbocycles. The monoisotopic (exact) mass is 293 g/mol. The Hall–Kier alpha value is -1.03. The highest BCUT2D eigenvalue weighted by Gasteiger charge is 2.27. The zero-order valence-electron chi connectivity index (χ0n) is 13.9. The number of nitrogens with one attached hydrogen (secondary N) is 2. The fraction of sp³-hybridized carbons (Fsp3) is 0.824.